The van der Waals surface area contributed by atoms with Gasteiger partial charge >= 0.3 is 0 Å². The highest BCUT2D eigenvalue weighted by Crippen LogP contribution is 2.24. The molecule has 1 atom stereocenters. The van der Waals surface area contributed by atoms with E-state index in [1.807, 2.05) is 52.8 Å². The molecular weight excluding hydrogens is 330 g/mol. The number of nitrogens with one attached hydrogen (secondary N) is 2. The smallest absolute Gasteiger partial charge is 0.262 e. The minimum atomic E-state index is -0.233. The van der Waals surface area contributed by atoms with E-state index in [4.69, 9.17) is 0 Å². The van der Waals surface area contributed by atoms with Gasteiger partial charge in [-0.2, -0.15) is 0 Å². The SMILES string of the molecule is C/C=N\C(=C/C)Nc1cc2ccn(C(C)C)c(=O)c2c(NC(C)CO)n1. The highest BCUT2D eigenvalue weighted by molar-refractivity contribution is 5.93. The van der Waals surface area contributed by atoms with Crippen LogP contribution in [-0.4, -0.2) is 33.5 Å². The Bertz CT molecular complexity index is 883. The van der Waals surface area contributed by atoms with Crippen molar-refractivity contribution in [1.29, 1.82) is 0 Å². The summed E-state index contributed by atoms with van der Waals surface area (Å²) >= 11 is 0. The first-order valence-electron chi connectivity index (χ1n) is 8.76. The Hall–Kier alpha value is -2.67. The van der Waals surface area contributed by atoms with Crippen LogP contribution in [0.15, 0.2) is 40.0 Å². The highest BCUT2D eigenvalue weighted by atomic mass is 16.3. The third kappa shape index (κ3) is 4.29. The predicted molar refractivity (Wildman–Crippen MR) is 108 cm³/mol. The molecule has 2 rings (SSSR count). The molecule has 0 amide bonds. The number of aliphatic imine (C=N–C) groups is 1. The van der Waals surface area contributed by atoms with E-state index in [9.17, 15) is 9.90 Å². The topological polar surface area (TPSA) is 91.5 Å². The molecule has 2 aromatic heterocycles. The number of allylic oxidation sites excluding steroid dienone is 1. The second kappa shape index (κ2) is 8.62. The Balaban J connectivity index is 2.65. The molecule has 26 heavy (non-hydrogen) atoms. The van der Waals surface area contributed by atoms with Crippen molar-refractivity contribution in [2.75, 3.05) is 17.2 Å². The van der Waals surface area contributed by atoms with E-state index in [0.717, 1.165) is 5.39 Å². The molecule has 0 bridgehead atoms. The van der Waals surface area contributed by atoms with Gasteiger partial charge in [0.05, 0.1) is 12.0 Å². The normalized spacial score (nSPS) is 13.6. The summed E-state index contributed by atoms with van der Waals surface area (Å²) in [5.74, 6) is 1.68. The zero-order valence-electron chi connectivity index (χ0n) is 15.9. The third-order valence-electron chi connectivity index (χ3n) is 3.92. The van der Waals surface area contributed by atoms with Gasteiger partial charge in [0.15, 0.2) is 0 Å². The lowest BCUT2D eigenvalue weighted by Crippen LogP contribution is -2.25. The van der Waals surface area contributed by atoms with Crippen molar-refractivity contribution >= 4 is 28.6 Å². The standard InChI is InChI=1S/C19H27N5O2/c1-6-15(20-7-2)22-16-10-14-8-9-24(12(3)4)19(26)17(14)18(23-16)21-13(5)11-25/h6-10,12-13,25H,11H2,1-5H3,(H2,21,22,23)/b15-6+,20-7-. The van der Waals surface area contributed by atoms with Crippen LogP contribution in [0.3, 0.4) is 0 Å². The van der Waals surface area contributed by atoms with Crippen LogP contribution < -0.4 is 16.2 Å². The van der Waals surface area contributed by atoms with Gasteiger partial charge in [-0.05, 0) is 58.2 Å². The molecule has 0 aromatic carbocycles. The largest absolute Gasteiger partial charge is 0.394 e. The number of nitrogens with zero attached hydrogens (tertiary/aromatic N) is 3. The number of aliphatic hydroxyl groups excluding tert-OH is 1. The second-order valence-corrected chi connectivity index (χ2v) is 6.36. The first kappa shape index (κ1) is 19.7. The van der Waals surface area contributed by atoms with Gasteiger partial charge in [-0.3, -0.25) is 4.79 Å². The summed E-state index contributed by atoms with van der Waals surface area (Å²) in [5.41, 5.74) is -0.109. The highest BCUT2D eigenvalue weighted by Gasteiger charge is 2.15. The molecular formula is C19H27N5O2. The molecule has 1 unspecified atom stereocenters. The molecule has 7 heteroatoms. The minimum absolute atomic E-state index is 0.0429. The number of pyridine rings is 2. The average Bonchev–Trinajstić information content (AvgIpc) is 2.60. The van der Waals surface area contributed by atoms with Crippen molar-refractivity contribution in [1.82, 2.24) is 9.55 Å². The van der Waals surface area contributed by atoms with E-state index < -0.39 is 0 Å². The minimum Gasteiger partial charge on any atom is -0.394 e. The van der Waals surface area contributed by atoms with Crippen molar-refractivity contribution in [3.8, 4) is 0 Å². The quantitative estimate of drug-likeness (QED) is 0.662. The number of hydrogen-bond donors (Lipinski definition) is 3. The van der Waals surface area contributed by atoms with E-state index >= 15 is 0 Å². The van der Waals surface area contributed by atoms with Crippen LogP contribution in [0.25, 0.3) is 10.8 Å². The van der Waals surface area contributed by atoms with Crippen LogP contribution >= 0.6 is 0 Å². The molecule has 0 saturated heterocycles. The van der Waals surface area contributed by atoms with E-state index in [0.29, 0.717) is 22.8 Å². The molecule has 2 heterocycles. The summed E-state index contributed by atoms with van der Waals surface area (Å²) in [6.07, 6.45) is 5.32. The van der Waals surface area contributed by atoms with Crippen molar-refractivity contribution in [2.24, 2.45) is 4.99 Å². The van der Waals surface area contributed by atoms with Gasteiger partial charge in [0.1, 0.15) is 17.5 Å². The van der Waals surface area contributed by atoms with E-state index in [1.54, 1.807) is 17.0 Å². The van der Waals surface area contributed by atoms with Gasteiger partial charge < -0.3 is 20.3 Å². The van der Waals surface area contributed by atoms with Crippen molar-refractivity contribution in [2.45, 2.75) is 46.7 Å². The number of rotatable bonds is 7. The van der Waals surface area contributed by atoms with Crippen molar-refractivity contribution < 1.29 is 5.11 Å². The van der Waals surface area contributed by atoms with E-state index in [2.05, 4.69) is 20.6 Å². The summed E-state index contributed by atoms with van der Waals surface area (Å²) in [7, 11) is 0. The van der Waals surface area contributed by atoms with Gasteiger partial charge in [0.2, 0.25) is 0 Å². The van der Waals surface area contributed by atoms with Gasteiger partial charge in [0, 0.05) is 24.5 Å². The monoisotopic (exact) mass is 357 g/mol. The summed E-state index contributed by atoms with van der Waals surface area (Å²) < 4.78 is 1.67. The zero-order valence-corrected chi connectivity index (χ0v) is 15.9. The molecule has 7 nitrogen and oxygen atoms in total. The molecule has 0 saturated carbocycles. The summed E-state index contributed by atoms with van der Waals surface area (Å²) in [6.45, 7) is 9.40. The van der Waals surface area contributed by atoms with Crippen LogP contribution in [0.4, 0.5) is 11.6 Å². The maximum atomic E-state index is 12.9. The molecule has 0 aliphatic carbocycles. The lowest BCUT2D eigenvalue weighted by molar-refractivity contribution is 0.281. The van der Waals surface area contributed by atoms with Gasteiger partial charge in [0.25, 0.3) is 5.56 Å². The summed E-state index contributed by atoms with van der Waals surface area (Å²) in [4.78, 5) is 21.7. The van der Waals surface area contributed by atoms with E-state index in [1.165, 1.54) is 0 Å². The molecule has 0 radical (unpaired) electrons. The molecule has 2 aromatic rings. The average molecular weight is 357 g/mol. The lowest BCUT2D eigenvalue weighted by Gasteiger charge is -2.17. The second-order valence-electron chi connectivity index (χ2n) is 6.36. The first-order valence-corrected chi connectivity index (χ1v) is 8.76. The van der Waals surface area contributed by atoms with Gasteiger partial charge in [-0.25, -0.2) is 9.98 Å². The van der Waals surface area contributed by atoms with Crippen molar-refractivity contribution in [3.05, 3.63) is 40.6 Å². The predicted octanol–water partition coefficient (Wildman–Crippen LogP) is 3.13. The first-order chi connectivity index (χ1) is 12.4. The zero-order chi connectivity index (χ0) is 19.3. The maximum Gasteiger partial charge on any atom is 0.262 e. The van der Waals surface area contributed by atoms with Gasteiger partial charge in [-0.1, -0.05) is 0 Å². The Morgan fingerprint density at radius 3 is 2.69 bits per heavy atom. The van der Waals surface area contributed by atoms with Crippen LogP contribution in [0.2, 0.25) is 0 Å². The molecule has 3 N–H and O–H groups in total. The van der Waals surface area contributed by atoms with Crippen LogP contribution in [0, 0.1) is 0 Å². The van der Waals surface area contributed by atoms with Crippen molar-refractivity contribution in [3.63, 3.8) is 0 Å². The van der Waals surface area contributed by atoms with E-state index in [-0.39, 0.29) is 24.2 Å². The Morgan fingerprint density at radius 1 is 1.38 bits per heavy atom. The fourth-order valence-electron chi connectivity index (χ4n) is 2.58. The summed E-state index contributed by atoms with van der Waals surface area (Å²) in [6, 6.07) is 3.53. The Morgan fingerprint density at radius 2 is 2.12 bits per heavy atom. The number of aliphatic hydroxyl groups is 1. The Labute approximate surface area is 153 Å². The molecule has 0 fully saturated rings. The fraction of sp³-hybridized carbons (Fsp3) is 0.421. The molecule has 0 spiro atoms. The molecule has 140 valence electrons. The molecule has 0 aliphatic rings. The van der Waals surface area contributed by atoms with Crippen LogP contribution in [-0.2, 0) is 0 Å². The number of fused-ring (bicyclic) bond motifs is 1. The fourth-order valence-corrected chi connectivity index (χ4v) is 2.58. The van der Waals surface area contributed by atoms with Crippen LogP contribution in [0.1, 0.15) is 40.7 Å². The van der Waals surface area contributed by atoms with Crippen LogP contribution in [0.5, 0.6) is 0 Å². The maximum absolute atomic E-state index is 12.9. The molecule has 0 aliphatic heterocycles. The summed E-state index contributed by atoms with van der Waals surface area (Å²) in [5, 5.41) is 16.9. The number of aromatic nitrogens is 2. The number of hydrogen-bond acceptors (Lipinski definition) is 6. The third-order valence-corrected chi connectivity index (χ3v) is 3.92. The lowest BCUT2D eigenvalue weighted by atomic mass is 10.1. The number of anilines is 2. The van der Waals surface area contributed by atoms with Gasteiger partial charge in [-0.15, -0.1) is 0 Å². The Kier molecular flexibility index (Phi) is 6.52.